The van der Waals surface area contributed by atoms with Crippen LogP contribution in [-0.4, -0.2) is 20.7 Å². The van der Waals surface area contributed by atoms with E-state index >= 15 is 0 Å². The topological polar surface area (TPSA) is 73.0 Å². The first-order chi connectivity index (χ1) is 12.8. The zero-order valence-electron chi connectivity index (χ0n) is 14.6. The molecule has 0 atom stereocenters. The Morgan fingerprint density at radius 3 is 2.81 bits per heavy atom. The fourth-order valence-electron chi connectivity index (χ4n) is 3.44. The highest BCUT2D eigenvalue weighted by atomic mass is 16.4. The van der Waals surface area contributed by atoms with Crippen molar-refractivity contribution >= 4 is 11.7 Å². The molecule has 0 saturated heterocycles. The molecule has 134 valence electrons. The van der Waals surface area contributed by atoms with Gasteiger partial charge in [0.1, 0.15) is 5.82 Å². The molecule has 1 saturated carbocycles. The molecule has 4 rings (SSSR count). The Morgan fingerprint density at radius 2 is 2.00 bits per heavy atom. The van der Waals surface area contributed by atoms with Gasteiger partial charge in [-0.05, 0) is 12.8 Å². The number of carbonyl (C=O) groups excluding carboxylic acids is 1. The van der Waals surface area contributed by atoms with E-state index in [4.69, 9.17) is 4.42 Å². The molecular formula is C20H22N4O2. The molecule has 0 aliphatic heterocycles. The number of oxazole rings is 1. The van der Waals surface area contributed by atoms with E-state index in [1.165, 1.54) is 12.8 Å². The SMILES string of the molecule is O=C(CCc1ncc(-c2ccccc2)o1)Nc1ccnn1C1CCCC1. The molecule has 2 aromatic heterocycles. The number of amides is 1. The van der Waals surface area contributed by atoms with Gasteiger partial charge in [0.05, 0.1) is 18.4 Å². The molecule has 0 spiro atoms. The summed E-state index contributed by atoms with van der Waals surface area (Å²) in [5.41, 5.74) is 0.983. The van der Waals surface area contributed by atoms with Crippen LogP contribution in [0.15, 0.2) is 53.2 Å². The molecule has 3 aromatic rings. The number of nitrogens with one attached hydrogen (secondary N) is 1. The van der Waals surface area contributed by atoms with Gasteiger partial charge >= 0.3 is 0 Å². The molecule has 2 heterocycles. The number of hydrogen-bond acceptors (Lipinski definition) is 4. The number of aromatic nitrogens is 3. The average molecular weight is 350 g/mol. The predicted molar refractivity (Wildman–Crippen MR) is 98.6 cm³/mol. The lowest BCUT2D eigenvalue weighted by molar-refractivity contribution is -0.116. The van der Waals surface area contributed by atoms with E-state index in [1.807, 2.05) is 41.1 Å². The number of rotatable bonds is 6. The van der Waals surface area contributed by atoms with Gasteiger partial charge in [0, 0.05) is 24.5 Å². The molecule has 0 bridgehead atoms. The van der Waals surface area contributed by atoms with Crippen molar-refractivity contribution in [3.63, 3.8) is 0 Å². The van der Waals surface area contributed by atoms with Crippen LogP contribution in [0.1, 0.15) is 44.0 Å². The van der Waals surface area contributed by atoms with E-state index in [9.17, 15) is 4.79 Å². The first-order valence-electron chi connectivity index (χ1n) is 9.13. The third-order valence-electron chi connectivity index (χ3n) is 4.79. The lowest BCUT2D eigenvalue weighted by atomic mass is 10.2. The van der Waals surface area contributed by atoms with Gasteiger partial charge in [-0.1, -0.05) is 43.2 Å². The summed E-state index contributed by atoms with van der Waals surface area (Å²) < 4.78 is 7.70. The lowest BCUT2D eigenvalue weighted by Gasteiger charge is -2.14. The van der Waals surface area contributed by atoms with Crippen molar-refractivity contribution in [2.75, 3.05) is 5.32 Å². The van der Waals surface area contributed by atoms with Gasteiger partial charge in [0.15, 0.2) is 11.7 Å². The van der Waals surface area contributed by atoms with E-state index in [0.717, 1.165) is 30.0 Å². The standard InChI is InChI=1S/C20H22N4O2/c25-19(23-18-12-13-22-24(18)16-8-4-5-9-16)10-11-20-21-14-17(26-20)15-6-2-1-3-7-15/h1-3,6-7,12-14,16H,4-5,8-11H2,(H,23,25). The van der Waals surface area contributed by atoms with Gasteiger partial charge < -0.3 is 9.73 Å². The van der Waals surface area contributed by atoms with E-state index in [-0.39, 0.29) is 5.91 Å². The summed E-state index contributed by atoms with van der Waals surface area (Å²) in [6.07, 6.45) is 8.95. The second-order valence-corrected chi connectivity index (χ2v) is 6.63. The maximum absolute atomic E-state index is 12.3. The van der Waals surface area contributed by atoms with Crippen LogP contribution in [0.5, 0.6) is 0 Å². The third kappa shape index (κ3) is 3.69. The minimum absolute atomic E-state index is 0.0517. The van der Waals surface area contributed by atoms with E-state index in [2.05, 4.69) is 15.4 Å². The summed E-state index contributed by atoms with van der Waals surface area (Å²) >= 11 is 0. The first kappa shape index (κ1) is 16.6. The Hall–Kier alpha value is -2.89. The van der Waals surface area contributed by atoms with Gasteiger partial charge in [-0.3, -0.25) is 4.79 Å². The fourth-order valence-corrected chi connectivity index (χ4v) is 3.44. The second-order valence-electron chi connectivity index (χ2n) is 6.63. The van der Waals surface area contributed by atoms with Crippen molar-refractivity contribution in [1.82, 2.24) is 14.8 Å². The summed E-state index contributed by atoms with van der Waals surface area (Å²) in [5, 5.41) is 7.35. The van der Waals surface area contributed by atoms with Gasteiger partial charge in [0.25, 0.3) is 0 Å². The Labute approximate surface area is 152 Å². The third-order valence-corrected chi connectivity index (χ3v) is 4.79. The minimum atomic E-state index is -0.0517. The Morgan fingerprint density at radius 1 is 1.19 bits per heavy atom. The largest absolute Gasteiger partial charge is 0.441 e. The molecule has 1 aliphatic rings. The summed E-state index contributed by atoms with van der Waals surface area (Å²) in [5.74, 6) is 2.02. The van der Waals surface area contributed by atoms with Crippen molar-refractivity contribution in [2.24, 2.45) is 0 Å². The number of nitrogens with zero attached hydrogens (tertiary/aromatic N) is 3. The van der Waals surface area contributed by atoms with Gasteiger partial charge in [-0.15, -0.1) is 0 Å². The molecule has 6 nitrogen and oxygen atoms in total. The van der Waals surface area contributed by atoms with Crippen LogP contribution in [0.25, 0.3) is 11.3 Å². The minimum Gasteiger partial charge on any atom is -0.441 e. The van der Waals surface area contributed by atoms with Crippen LogP contribution in [0.3, 0.4) is 0 Å². The normalized spacial score (nSPS) is 14.6. The number of anilines is 1. The number of aryl methyl sites for hydroxylation is 1. The number of benzene rings is 1. The zero-order chi connectivity index (χ0) is 17.8. The van der Waals surface area contributed by atoms with E-state index in [1.54, 1.807) is 12.4 Å². The average Bonchev–Trinajstić information content (AvgIpc) is 3.42. The highest BCUT2D eigenvalue weighted by Crippen LogP contribution is 2.31. The zero-order valence-corrected chi connectivity index (χ0v) is 14.6. The molecule has 1 aromatic carbocycles. The van der Waals surface area contributed by atoms with Crippen LogP contribution in [0.4, 0.5) is 5.82 Å². The predicted octanol–water partition coefficient (Wildman–Crippen LogP) is 4.22. The lowest BCUT2D eigenvalue weighted by Crippen LogP contribution is -2.18. The Balaban J connectivity index is 1.34. The van der Waals surface area contributed by atoms with Crippen molar-refractivity contribution in [3.8, 4) is 11.3 Å². The highest BCUT2D eigenvalue weighted by molar-refractivity contribution is 5.89. The molecule has 26 heavy (non-hydrogen) atoms. The molecule has 1 fully saturated rings. The molecule has 0 unspecified atom stereocenters. The van der Waals surface area contributed by atoms with Crippen LogP contribution in [0, 0.1) is 0 Å². The van der Waals surface area contributed by atoms with Crippen molar-refractivity contribution in [2.45, 2.75) is 44.6 Å². The van der Waals surface area contributed by atoms with Crippen molar-refractivity contribution in [3.05, 3.63) is 54.7 Å². The van der Waals surface area contributed by atoms with Crippen LogP contribution in [-0.2, 0) is 11.2 Å². The summed E-state index contributed by atoms with van der Waals surface area (Å²) in [6.45, 7) is 0. The number of hydrogen-bond donors (Lipinski definition) is 1. The maximum Gasteiger partial charge on any atom is 0.226 e. The Kier molecular flexibility index (Phi) is 4.82. The summed E-state index contributed by atoms with van der Waals surface area (Å²) in [4.78, 5) is 16.6. The molecule has 6 heteroatoms. The molecule has 1 aliphatic carbocycles. The van der Waals surface area contributed by atoms with Crippen molar-refractivity contribution in [1.29, 1.82) is 0 Å². The smallest absolute Gasteiger partial charge is 0.226 e. The number of carbonyl (C=O) groups is 1. The van der Waals surface area contributed by atoms with Crippen LogP contribution >= 0.6 is 0 Å². The first-order valence-corrected chi connectivity index (χ1v) is 9.13. The van der Waals surface area contributed by atoms with Gasteiger partial charge in [-0.25, -0.2) is 9.67 Å². The van der Waals surface area contributed by atoms with E-state index in [0.29, 0.717) is 24.8 Å². The highest BCUT2D eigenvalue weighted by Gasteiger charge is 2.20. The quantitative estimate of drug-likeness (QED) is 0.722. The van der Waals surface area contributed by atoms with Crippen molar-refractivity contribution < 1.29 is 9.21 Å². The summed E-state index contributed by atoms with van der Waals surface area (Å²) in [7, 11) is 0. The van der Waals surface area contributed by atoms with Gasteiger partial charge in [-0.2, -0.15) is 5.10 Å². The van der Waals surface area contributed by atoms with Crippen LogP contribution < -0.4 is 5.32 Å². The molecule has 1 amide bonds. The second kappa shape index (κ2) is 7.56. The van der Waals surface area contributed by atoms with Gasteiger partial charge in [0.2, 0.25) is 5.91 Å². The van der Waals surface area contributed by atoms with E-state index < -0.39 is 0 Å². The molecular weight excluding hydrogens is 328 g/mol. The fraction of sp³-hybridized carbons (Fsp3) is 0.350. The monoisotopic (exact) mass is 350 g/mol. The Bertz CT molecular complexity index is 863. The van der Waals surface area contributed by atoms with Crippen LogP contribution in [0.2, 0.25) is 0 Å². The molecule has 1 N–H and O–H groups in total. The molecule has 0 radical (unpaired) electrons. The maximum atomic E-state index is 12.3. The summed E-state index contributed by atoms with van der Waals surface area (Å²) in [6, 6.07) is 12.1.